The van der Waals surface area contributed by atoms with Crippen LogP contribution in [0.1, 0.15) is 12.5 Å². The molecule has 1 fully saturated rings. The smallest absolute Gasteiger partial charge is 0.227 e. The van der Waals surface area contributed by atoms with Crippen LogP contribution in [0.25, 0.3) is 0 Å². The molecule has 0 unspecified atom stereocenters. The Hall–Kier alpha value is -2.04. The van der Waals surface area contributed by atoms with Crippen molar-refractivity contribution in [3.05, 3.63) is 29.8 Å². The van der Waals surface area contributed by atoms with Gasteiger partial charge in [-0.25, -0.2) is 0 Å². The van der Waals surface area contributed by atoms with Crippen molar-refractivity contribution in [2.75, 3.05) is 33.3 Å². The molecule has 0 aromatic heterocycles. The molecule has 0 saturated carbocycles. The molecular weight excluding hydrogens is 256 g/mol. The number of amides is 2. The summed E-state index contributed by atoms with van der Waals surface area (Å²) in [4.78, 5) is 27.1. The highest BCUT2D eigenvalue weighted by atomic mass is 16.5. The maximum Gasteiger partial charge on any atom is 0.227 e. The van der Waals surface area contributed by atoms with Crippen molar-refractivity contribution in [2.24, 2.45) is 0 Å². The summed E-state index contributed by atoms with van der Waals surface area (Å²) in [6, 6.07) is 7.55. The average molecular weight is 276 g/mol. The van der Waals surface area contributed by atoms with Gasteiger partial charge < -0.3 is 14.5 Å². The van der Waals surface area contributed by atoms with Crippen molar-refractivity contribution in [3.8, 4) is 5.75 Å². The van der Waals surface area contributed by atoms with Gasteiger partial charge in [-0.2, -0.15) is 0 Å². The SMILES string of the molecule is COc1cccc(CC(=O)N2CCN(C(C)=O)CC2)c1. The second kappa shape index (κ2) is 6.41. The lowest BCUT2D eigenvalue weighted by Crippen LogP contribution is -2.50. The molecule has 0 N–H and O–H groups in total. The van der Waals surface area contributed by atoms with Gasteiger partial charge in [0.25, 0.3) is 0 Å². The molecule has 2 rings (SSSR count). The van der Waals surface area contributed by atoms with Crippen molar-refractivity contribution in [3.63, 3.8) is 0 Å². The van der Waals surface area contributed by atoms with E-state index < -0.39 is 0 Å². The van der Waals surface area contributed by atoms with Crippen LogP contribution in [0.3, 0.4) is 0 Å². The van der Waals surface area contributed by atoms with E-state index in [4.69, 9.17) is 4.74 Å². The molecule has 0 spiro atoms. The van der Waals surface area contributed by atoms with Gasteiger partial charge in [0.15, 0.2) is 0 Å². The summed E-state index contributed by atoms with van der Waals surface area (Å²) in [5.41, 5.74) is 0.948. The molecular formula is C15H20N2O3. The summed E-state index contributed by atoms with van der Waals surface area (Å²) < 4.78 is 5.15. The topological polar surface area (TPSA) is 49.9 Å². The second-order valence-electron chi connectivity index (χ2n) is 4.92. The predicted octanol–water partition coefficient (Wildman–Crippen LogP) is 0.928. The van der Waals surface area contributed by atoms with Gasteiger partial charge in [-0.15, -0.1) is 0 Å². The van der Waals surface area contributed by atoms with E-state index in [2.05, 4.69) is 0 Å². The lowest BCUT2D eigenvalue weighted by molar-refractivity contribution is -0.138. The number of hydrogen-bond acceptors (Lipinski definition) is 3. The lowest BCUT2D eigenvalue weighted by Gasteiger charge is -2.34. The minimum atomic E-state index is 0.0740. The molecule has 0 radical (unpaired) electrons. The zero-order chi connectivity index (χ0) is 14.5. The number of nitrogens with zero attached hydrogens (tertiary/aromatic N) is 2. The van der Waals surface area contributed by atoms with Crippen molar-refractivity contribution >= 4 is 11.8 Å². The summed E-state index contributed by atoms with van der Waals surface area (Å²) >= 11 is 0. The van der Waals surface area contributed by atoms with E-state index in [9.17, 15) is 9.59 Å². The third kappa shape index (κ3) is 3.50. The second-order valence-corrected chi connectivity index (χ2v) is 4.92. The molecule has 0 aliphatic carbocycles. The Morgan fingerprint density at radius 2 is 1.80 bits per heavy atom. The van der Waals surface area contributed by atoms with Crippen LogP contribution in [0, 0.1) is 0 Å². The minimum Gasteiger partial charge on any atom is -0.497 e. The molecule has 0 atom stereocenters. The third-order valence-corrected chi connectivity index (χ3v) is 3.57. The first-order chi connectivity index (χ1) is 9.60. The highest BCUT2D eigenvalue weighted by Crippen LogP contribution is 2.14. The molecule has 20 heavy (non-hydrogen) atoms. The zero-order valence-electron chi connectivity index (χ0n) is 12.0. The lowest BCUT2D eigenvalue weighted by atomic mass is 10.1. The van der Waals surface area contributed by atoms with E-state index in [0.717, 1.165) is 11.3 Å². The van der Waals surface area contributed by atoms with Crippen LogP contribution in [0.4, 0.5) is 0 Å². The Kier molecular flexibility index (Phi) is 4.61. The zero-order valence-corrected chi connectivity index (χ0v) is 12.0. The van der Waals surface area contributed by atoms with Crippen molar-refractivity contribution in [1.29, 1.82) is 0 Å². The van der Waals surface area contributed by atoms with E-state index >= 15 is 0 Å². The van der Waals surface area contributed by atoms with Crippen LogP contribution in [0.5, 0.6) is 5.75 Å². The number of carbonyl (C=O) groups excluding carboxylic acids is 2. The van der Waals surface area contributed by atoms with Crippen molar-refractivity contribution in [1.82, 2.24) is 9.80 Å². The van der Waals surface area contributed by atoms with Gasteiger partial charge in [0, 0.05) is 33.1 Å². The van der Waals surface area contributed by atoms with E-state index in [1.54, 1.807) is 18.9 Å². The number of ether oxygens (including phenoxy) is 1. The molecule has 1 aromatic carbocycles. The van der Waals surface area contributed by atoms with E-state index in [0.29, 0.717) is 32.6 Å². The Morgan fingerprint density at radius 1 is 1.15 bits per heavy atom. The normalized spacial score (nSPS) is 15.1. The highest BCUT2D eigenvalue weighted by Gasteiger charge is 2.22. The fourth-order valence-corrected chi connectivity index (χ4v) is 2.34. The quantitative estimate of drug-likeness (QED) is 0.825. The van der Waals surface area contributed by atoms with Crippen LogP contribution in [0.15, 0.2) is 24.3 Å². The van der Waals surface area contributed by atoms with Crippen molar-refractivity contribution in [2.45, 2.75) is 13.3 Å². The molecule has 5 heteroatoms. The first-order valence-electron chi connectivity index (χ1n) is 6.76. The number of hydrogen-bond donors (Lipinski definition) is 0. The molecule has 1 saturated heterocycles. The molecule has 108 valence electrons. The summed E-state index contributed by atoms with van der Waals surface area (Å²) in [6.07, 6.45) is 0.372. The molecule has 0 bridgehead atoms. The summed E-state index contributed by atoms with van der Waals surface area (Å²) in [5.74, 6) is 0.933. The fraction of sp³-hybridized carbons (Fsp3) is 0.467. The van der Waals surface area contributed by atoms with Gasteiger partial charge >= 0.3 is 0 Å². The van der Waals surface area contributed by atoms with E-state index in [1.165, 1.54) is 0 Å². The minimum absolute atomic E-state index is 0.0740. The first-order valence-corrected chi connectivity index (χ1v) is 6.76. The number of benzene rings is 1. The van der Waals surface area contributed by atoms with Gasteiger partial charge in [-0.05, 0) is 17.7 Å². The Morgan fingerprint density at radius 3 is 2.40 bits per heavy atom. The standard InChI is InChI=1S/C15H20N2O3/c1-12(18)16-6-8-17(9-7-16)15(19)11-13-4-3-5-14(10-13)20-2/h3-5,10H,6-9,11H2,1-2H3. The van der Waals surface area contributed by atoms with Gasteiger partial charge in [-0.1, -0.05) is 12.1 Å². The number of carbonyl (C=O) groups is 2. The molecule has 1 aromatic rings. The highest BCUT2D eigenvalue weighted by molar-refractivity contribution is 5.79. The molecule has 1 heterocycles. The third-order valence-electron chi connectivity index (χ3n) is 3.57. The van der Waals surface area contributed by atoms with Gasteiger partial charge in [0.1, 0.15) is 5.75 Å². The van der Waals surface area contributed by atoms with Crippen molar-refractivity contribution < 1.29 is 14.3 Å². The number of rotatable bonds is 3. The van der Waals surface area contributed by atoms with Gasteiger partial charge in [0.2, 0.25) is 11.8 Å². The van der Waals surface area contributed by atoms with Crippen LogP contribution < -0.4 is 4.74 Å². The Labute approximate surface area is 119 Å². The molecule has 1 aliphatic rings. The van der Waals surface area contributed by atoms with Crippen LogP contribution in [0.2, 0.25) is 0 Å². The fourth-order valence-electron chi connectivity index (χ4n) is 2.34. The van der Waals surface area contributed by atoms with Crippen LogP contribution in [-0.2, 0) is 16.0 Å². The summed E-state index contributed by atoms with van der Waals surface area (Å²) in [5, 5.41) is 0. The van der Waals surface area contributed by atoms with Gasteiger partial charge in [-0.3, -0.25) is 9.59 Å². The van der Waals surface area contributed by atoms with E-state index in [1.807, 2.05) is 29.2 Å². The van der Waals surface area contributed by atoms with Crippen LogP contribution in [-0.4, -0.2) is 54.9 Å². The monoisotopic (exact) mass is 276 g/mol. The predicted molar refractivity (Wildman–Crippen MR) is 75.5 cm³/mol. The maximum absolute atomic E-state index is 12.2. The molecule has 5 nitrogen and oxygen atoms in total. The summed E-state index contributed by atoms with van der Waals surface area (Å²) in [6.45, 7) is 4.04. The van der Waals surface area contributed by atoms with E-state index in [-0.39, 0.29) is 11.8 Å². The summed E-state index contributed by atoms with van der Waals surface area (Å²) in [7, 11) is 1.61. The molecule has 2 amide bonds. The van der Waals surface area contributed by atoms with Gasteiger partial charge in [0.05, 0.1) is 13.5 Å². The first kappa shape index (κ1) is 14.4. The van der Waals surface area contributed by atoms with Crippen LogP contribution >= 0.6 is 0 Å². The maximum atomic E-state index is 12.2. The average Bonchev–Trinajstić information content (AvgIpc) is 2.47. The molecule has 1 aliphatic heterocycles. The number of methoxy groups -OCH3 is 1. The Bertz CT molecular complexity index is 494. The Balaban J connectivity index is 1.91. The number of piperazine rings is 1. The largest absolute Gasteiger partial charge is 0.497 e.